The molecule has 0 atom stereocenters. The summed E-state index contributed by atoms with van der Waals surface area (Å²) in [6.07, 6.45) is 0. The van der Waals surface area contributed by atoms with Crippen LogP contribution in [0.3, 0.4) is 0 Å². The molecule has 9 heavy (non-hydrogen) atoms. The van der Waals surface area contributed by atoms with E-state index < -0.39 is 7.82 Å². The molecular formula is H6CaFeMnNaO4P. The van der Waals surface area contributed by atoms with E-state index in [1.807, 2.05) is 0 Å². The van der Waals surface area contributed by atoms with E-state index in [1.54, 1.807) is 0 Å². The molecule has 0 aromatic heterocycles. The minimum absolute atomic E-state index is 0. The van der Waals surface area contributed by atoms with Gasteiger partial charge >= 0.3 is 75.1 Å². The van der Waals surface area contributed by atoms with Crippen LogP contribution in [-0.2, 0) is 38.7 Å². The first kappa shape index (κ1) is 29.4. The van der Waals surface area contributed by atoms with Gasteiger partial charge in [-0.3, -0.25) is 0 Å². The van der Waals surface area contributed by atoms with Crippen molar-refractivity contribution >= 4 is 75.1 Å². The van der Waals surface area contributed by atoms with Gasteiger partial charge in [0.2, 0.25) is 0 Å². The van der Waals surface area contributed by atoms with Crippen LogP contribution in [-0.4, -0.2) is 82.0 Å². The van der Waals surface area contributed by atoms with Gasteiger partial charge in [0.25, 0.3) is 0 Å². The van der Waals surface area contributed by atoms with Gasteiger partial charge < -0.3 is 14.7 Å². The van der Waals surface area contributed by atoms with Crippen molar-refractivity contribution in [2.75, 3.05) is 0 Å². The van der Waals surface area contributed by atoms with Crippen molar-refractivity contribution in [2.45, 2.75) is 0 Å². The number of phosphoric acid groups is 1. The van der Waals surface area contributed by atoms with Crippen molar-refractivity contribution in [3.05, 3.63) is 0 Å². The number of rotatable bonds is 0. The first-order valence-electron chi connectivity index (χ1n) is 0.783. The number of hydrogen-bond acceptors (Lipinski definition) is 1. The fourth-order valence-electron chi connectivity index (χ4n) is 0. The first-order chi connectivity index (χ1) is 2.00. The Bertz CT molecular complexity index is 66.7. The van der Waals surface area contributed by atoms with E-state index in [0.717, 1.165) is 0 Å². The summed E-state index contributed by atoms with van der Waals surface area (Å²) < 4.78 is 8.88. The molecule has 0 amide bonds. The molecule has 9 heteroatoms. The van der Waals surface area contributed by atoms with Crippen molar-refractivity contribution in [1.82, 2.24) is 0 Å². The maximum absolute atomic E-state index is 8.88. The molecule has 0 fully saturated rings. The summed E-state index contributed by atoms with van der Waals surface area (Å²) in [6.45, 7) is 0. The molecule has 0 saturated carbocycles. The summed E-state index contributed by atoms with van der Waals surface area (Å²) in [4.78, 5) is 21.6. The molecule has 0 aliphatic heterocycles. The molecule has 0 spiro atoms. The second-order valence-corrected chi connectivity index (χ2v) is 1.54. The van der Waals surface area contributed by atoms with E-state index in [9.17, 15) is 0 Å². The fourth-order valence-corrected chi connectivity index (χ4v) is 0. The van der Waals surface area contributed by atoms with E-state index in [-0.39, 0.29) is 101 Å². The van der Waals surface area contributed by atoms with Gasteiger partial charge in [0.15, 0.2) is 0 Å². The molecule has 0 aliphatic carbocycles. The summed E-state index contributed by atoms with van der Waals surface area (Å²) in [5.74, 6) is 0. The van der Waals surface area contributed by atoms with Crippen molar-refractivity contribution in [3.63, 3.8) is 0 Å². The Balaban J connectivity index is -0.0000000133. The molecule has 53 valence electrons. The molecule has 0 heterocycles. The quantitative estimate of drug-likeness (QED) is 0.337. The van der Waals surface area contributed by atoms with E-state index in [2.05, 4.69) is 0 Å². The summed E-state index contributed by atoms with van der Waals surface area (Å²) in [6, 6.07) is 0. The van der Waals surface area contributed by atoms with Crippen LogP contribution in [0, 0.1) is 0 Å². The maximum atomic E-state index is 8.88. The topological polar surface area (TPSA) is 77.8 Å². The molecule has 4 nitrogen and oxygen atoms in total. The first-order valence-corrected chi connectivity index (χ1v) is 2.35. The Morgan fingerprint density at radius 2 is 1.11 bits per heavy atom. The molecule has 0 aromatic carbocycles. The van der Waals surface area contributed by atoms with Crippen LogP contribution < -0.4 is 0 Å². The minimum atomic E-state index is -4.64. The molecule has 1 radical (unpaired) electrons. The van der Waals surface area contributed by atoms with Gasteiger partial charge in [-0.15, -0.1) is 0 Å². The van der Waals surface area contributed by atoms with E-state index in [0.29, 0.717) is 0 Å². The Morgan fingerprint density at radius 3 is 1.11 bits per heavy atom. The standard InChI is InChI=1S/Ca.Fe.Mn.Na.H3O4P.3H/c;;;;1-5(2,3)4;;;/h;;;;(H3,1,2,3,4);;;. The Hall–Kier alpha value is 3.41. The molecule has 0 bridgehead atoms. The van der Waals surface area contributed by atoms with Crippen molar-refractivity contribution in [2.24, 2.45) is 0 Å². The molecule has 0 aliphatic rings. The summed E-state index contributed by atoms with van der Waals surface area (Å²) in [7, 11) is -4.64. The van der Waals surface area contributed by atoms with Crippen LogP contribution in [0.2, 0.25) is 0 Å². The summed E-state index contributed by atoms with van der Waals surface area (Å²) in [5, 5.41) is 0. The van der Waals surface area contributed by atoms with Gasteiger partial charge in [0.05, 0.1) is 0 Å². The van der Waals surface area contributed by atoms with E-state index >= 15 is 0 Å². The third kappa shape index (κ3) is 86.9. The van der Waals surface area contributed by atoms with Crippen LogP contribution >= 0.6 is 7.82 Å². The van der Waals surface area contributed by atoms with Gasteiger partial charge in [-0.1, -0.05) is 0 Å². The predicted molar refractivity (Wildman–Crippen MR) is 30.0 cm³/mol. The Morgan fingerprint density at radius 1 is 1.11 bits per heavy atom. The second kappa shape index (κ2) is 14.0. The molecule has 0 saturated heterocycles. The van der Waals surface area contributed by atoms with Crippen LogP contribution in [0.5, 0.6) is 0 Å². The van der Waals surface area contributed by atoms with Crippen molar-refractivity contribution in [1.29, 1.82) is 0 Å². The van der Waals surface area contributed by atoms with E-state index in [1.165, 1.54) is 0 Å². The van der Waals surface area contributed by atoms with Crippen LogP contribution in [0.15, 0.2) is 0 Å². The number of hydrogen-bond donors (Lipinski definition) is 3. The Kier molecular flexibility index (Phi) is 45.7. The third-order valence-electron chi connectivity index (χ3n) is 0. The molecular weight excluding hydrogens is 269 g/mol. The fraction of sp³-hybridized carbons (Fsp3) is 0. The third-order valence-corrected chi connectivity index (χ3v) is 0. The summed E-state index contributed by atoms with van der Waals surface area (Å²) >= 11 is 0. The van der Waals surface area contributed by atoms with Crippen LogP contribution in [0.1, 0.15) is 0 Å². The van der Waals surface area contributed by atoms with E-state index in [4.69, 9.17) is 19.2 Å². The zero-order valence-corrected chi connectivity index (χ0v) is 6.11. The van der Waals surface area contributed by atoms with Gasteiger partial charge in [-0.2, -0.15) is 0 Å². The second-order valence-electron chi connectivity index (χ2n) is 0.513. The van der Waals surface area contributed by atoms with Gasteiger partial charge in [0.1, 0.15) is 0 Å². The zero-order valence-electron chi connectivity index (χ0n) is 2.93. The molecule has 0 aromatic rings. The summed E-state index contributed by atoms with van der Waals surface area (Å²) in [5.41, 5.74) is 0. The average molecular weight is 275 g/mol. The van der Waals surface area contributed by atoms with Crippen molar-refractivity contribution in [3.8, 4) is 0 Å². The van der Waals surface area contributed by atoms with Crippen LogP contribution in [0.4, 0.5) is 0 Å². The SMILES string of the molecule is O=P(O)(O)O.[CaH2].[Fe].[Mn].[NaH]. The van der Waals surface area contributed by atoms with Gasteiger partial charge in [-0.25, -0.2) is 4.57 Å². The van der Waals surface area contributed by atoms with Gasteiger partial charge in [-0.05, 0) is 0 Å². The normalized spacial score (nSPS) is 6.56. The predicted octanol–water partition coefficient (Wildman–Crippen LogP) is -2.50. The average Bonchev–Trinajstić information content (AvgIpc) is 0.722. The Labute approximate surface area is 126 Å². The molecule has 3 N–H and O–H groups in total. The molecule has 0 rings (SSSR count). The van der Waals surface area contributed by atoms with Crippen molar-refractivity contribution < 1.29 is 53.4 Å². The molecule has 0 unspecified atom stereocenters. The van der Waals surface area contributed by atoms with Crippen LogP contribution in [0.25, 0.3) is 0 Å². The van der Waals surface area contributed by atoms with Gasteiger partial charge in [0, 0.05) is 34.1 Å². The zero-order chi connectivity index (χ0) is 4.50. The monoisotopic (exact) mass is 275 g/mol.